The van der Waals surface area contributed by atoms with Gasteiger partial charge in [-0.15, -0.1) is 12.4 Å². The van der Waals surface area contributed by atoms with E-state index in [4.69, 9.17) is 5.73 Å². The Morgan fingerprint density at radius 2 is 1.61 bits per heavy atom. The molecule has 0 radical (unpaired) electrons. The van der Waals surface area contributed by atoms with Crippen LogP contribution in [0.25, 0.3) is 0 Å². The second-order valence-corrected chi connectivity index (χ2v) is 5.08. The van der Waals surface area contributed by atoms with Gasteiger partial charge < -0.3 is 5.73 Å². The summed E-state index contributed by atoms with van der Waals surface area (Å²) in [6.07, 6.45) is -4.54. The molecular weight excluding hydrogens is 270 g/mol. The molecule has 0 spiro atoms. The third-order valence-electron chi connectivity index (χ3n) is 2.60. The van der Waals surface area contributed by atoms with Crippen molar-refractivity contribution >= 4 is 12.4 Å². The van der Waals surface area contributed by atoms with E-state index < -0.39 is 29.0 Å². The van der Waals surface area contributed by atoms with Crippen LogP contribution in [0, 0.1) is 11.2 Å². The minimum absolute atomic E-state index is 0. The molecule has 0 unspecified atom stereocenters. The molecule has 0 aliphatic heterocycles. The van der Waals surface area contributed by atoms with E-state index in [-0.39, 0.29) is 18.0 Å². The van der Waals surface area contributed by atoms with Crippen molar-refractivity contribution in [2.45, 2.75) is 33.0 Å². The van der Waals surface area contributed by atoms with E-state index >= 15 is 0 Å². The normalized spacial score (nSPS) is 14.0. The van der Waals surface area contributed by atoms with Crippen LogP contribution < -0.4 is 5.73 Å². The highest BCUT2D eigenvalue weighted by Crippen LogP contribution is 2.35. The highest BCUT2D eigenvalue weighted by molar-refractivity contribution is 5.85. The van der Waals surface area contributed by atoms with Gasteiger partial charge in [0.25, 0.3) is 0 Å². The standard InChI is InChI=1S/C12H15F4N.ClH/c1-11(2,3)10(17)8-5-4-7(6-9(8)13)12(14,15)16;/h4-6,10H,17H2,1-3H3;1H/t10-;/m1./s1. The molecule has 0 aliphatic carbocycles. The van der Waals surface area contributed by atoms with Gasteiger partial charge in [0.15, 0.2) is 0 Å². The molecule has 0 heterocycles. The average Bonchev–Trinajstić information content (AvgIpc) is 2.13. The SMILES string of the molecule is CC(C)(C)[C@H](N)c1ccc(C(F)(F)F)cc1F.Cl. The predicted molar refractivity (Wildman–Crippen MR) is 65.0 cm³/mol. The third kappa shape index (κ3) is 3.85. The van der Waals surface area contributed by atoms with Crippen LogP contribution in [-0.4, -0.2) is 0 Å². The Hall–Kier alpha value is -0.810. The summed E-state index contributed by atoms with van der Waals surface area (Å²) < 4.78 is 50.6. The maximum Gasteiger partial charge on any atom is 0.416 e. The van der Waals surface area contributed by atoms with Gasteiger partial charge in [0.2, 0.25) is 0 Å². The van der Waals surface area contributed by atoms with Gasteiger partial charge in [0, 0.05) is 11.6 Å². The van der Waals surface area contributed by atoms with E-state index in [1.807, 2.05) is 0 Å². The molecule has 0 fully saturated rings. The molecule has 1 aromatic carbocycles. The topological polar surface area (TPSA) is 26.0 Å². The molecule has 0 saturated heterocycles. The number of nitrogens with two attached hydrogens (primary N) is 1. The van der Waals surface area contributed by atoms with Gasteiger partial charge >= 0.3 is 6.18 Å². The summed E-state index contributed by atoms with van der Waals surface area (Å²) in [5.74, 6) is -0.915. The van der Waals surface area contributed by atoms with E-state index in [2.05, 4.69) is 0 Å². The Labute approximate surface area is 110 Å². The number of hydrogen-bond donors (Lipinski definition) is 1. The van der Waals surface area contributed by atoms with Crippen molar-refractivity contribution in [2.75, 3.05) is 0 Å². The lowest BCUT2D eigenvalue weighted by Crippen LogP contribution is -2.27. The van der Waals surface area contributed by atoms with Gasteiger partial charge in [-0.3, -0.25) is 0 Å². The van der Waals surface area contributed by atoms with Gasteiger partial charge in [-0.1, -0.05) is 26.8 Å². The van der Waals surface area contributed by atoms with E-state index in [1.54, 1.807) is 20.8 Å². The van der Waals surface area contributed by atoms with Crippen molar-refractivity contribution in [3.05, 3.63) is 35.1 Å². The molecule has 1 atom stereocenters. The van der Waals surface area contributed by atoms with Crippen molar-refractivity contribution in [3.63, 3.8) is 0 Å². The summed E-state index contributed by atoms with van der Waals surface area (Å²) in [7, 11) is 0. The zero-order chi connectivity index (χ0) is 13.4. The first-order chi connectivity index (χ1) is 7.53. The fourth-order valence-electron chi connectivity index (χ4n) is 1.42. The summed E-state index contributed by atoms with van der Waals surface area (Å²) in [6.45, 7) is 5.40. The van der Waals surface area contributed by atoms with Crippen molar-refractivity contribution in [1.29, 1.82) is 0 Å². The fourth-order valence-corrected chi connectivity index (χ4v) is 1.42. The second kappa shape index (κ2) is 5.45. The molecule has 1 rings (SSSR count). The minimum Gasteiger partial charge on any atom is -0.323 e. The zero-order valence-corrected chi connectivity index (χ0v) is 11.1. The maximum absolute atomic E-state index is 13.6. The Balaban J connectivity index is 0.00000289. The summed E-state index contributed by atoms with van der Waals surface area (Å²) >= 11 is 0. The van der Waals surface area contributed by atoms with Gasteiger partial charge in [-0.05, 0) is 17.5 Å². The van der Waals surface area contributed by atoms with E-state index in [1.165, 1.54) is 0 Å². The number of alkyl halides is 3. The van der Waals surface area contributed by atoms with Crippen LogP contribution in [0.2, 0.25) is 0 Å². The first kappa shape index (κ1) is 17.2. The molecular formula is C12H16ClF4N. The molecule has 0 saturated carbocycles. The second-order valence-electron chi connectivity index (χ2n) is 5.08. The molecule has 2 N–H and O–H groups in total. The molecule has 1 aromatic rings. The van der Waals surface area contributed by atoms with Crippen LogP contribution in [0.4, 0.5) is 17.6 Å². The monoisotopic (exact) mass is 285 g/mol. The fraction of sp³-hybridized carbons (Fsp3) is 0.500. The lowest BCUT2D eigenvalue weighted by molar-refractivity contribution is -0.137. The number of halogens is 5. The van der Waals surface area contributed by atoms with Crippen LogP contribution in [-0.2, 0) is 6.18 Å². The Kier molecular flexibility index (Phi) is 5.20. The van der Waals surface area contributed by atoms with Crippen molar-refractivity contribution in [1.82, 2.24) is 0 Å². The quantitative estimate of drug-likeness (QED) is 0.765. The molecule has 104 valence electrons. The first-order valence-corrected chi connectivity index (χ1v) is 5.15. The Bertz CT molecular complexity index is 410. The molecule has 18 heavy (non-hydrogen) atoms. The number of rotatable bonds is 1. The largest absolute Gasteiger partial charge is 0.416 e. The van der Waals surface area contributed by atoms with Crippen molar-refractivity contribution < 1.29 is 17.6 Å². The van der Waals surface area contributed by atoms with Gasteiger partial charge in [-0.2, -0.15) is 13.2 Å². The van der Waals surface area contributed by atoms with Gasteiger partial charge in [0.1, 0.15) is 5.82 Å². The van der Waals surface area contributed by atoms with Crippen molar-refractivity contribution in [2.24, 2.45) is 11.1 Å². The number of hydrogen-bond acceptors (Lipinski definition) is 1. The molecule has 0 aromatic heterocycles. The summed E-state index contributed by atoms with van der Waals surface area (Å²) in [6, 6.07) is 1.80. The maximum atomic E-state index is 13.6. The van der Waals surface area contributed by atoms with E-state index in [0.717, 1.165) is 12.1 Å². The molecule has 0 bridgehead atoms. The van der Waals surface area contributed by atoms with E-state index in [9.17, 15) is 17.6 Å². The lowest BCUT2D eigenvalue weighted by Gasteiger charge is -2.27. The predicted octanol–water partition coefficient (Wildman–Crippen LogP) is 4.31. The van der Waals surface area contributed by atoms with Crippen LogP contribution in [0.1, 0.15) is 37.9 Å². The van der Waals surface area contributed by atoms with Crippen molar-refractivity contribution in [3.8, 4) is 0 Å². The summed E-state index contributed by atoms with van der Waals surface area (Å²) in [5, 5.41) is 0. The van der Waals surface area contributed by atoms with Crippen LogP contribution in [0.3, 0.4) is 0 Å². The molecule has 1 nitrogen and oxygen atoms in total. The Morgan fingerprint density at radius 1 is 1.11 bits per heavy atom. The molecule has 0 aliphatic rings. The highest BCUT2D eigenvalue weighted by atomic mass is 35.5. The molecule has 0 amide bonds. The van der Waals surface area contributed by atoms with Crippen LogP contribution in [0.15, 0.2) is 18.2 Å². The molecule has 6 heteroatoms. The third-order valence-corrected chi connectivity index (χ3v) is 2.60. The zero-order valence-electron chi connectivity index (χ0n) is 10.3. The average molecular weight is 286 g/mol. The smallest absolute Gasteiger partial charge is 0.323 e. The van der Waals surface area contributed by atoms with E-state index in [0.29, 0.717) is 6.07 Å². The summed E-state index contributed by atoms with van der Waals surface area (Å²) in [5.41, 5.74) is 4.50. The highest BCUT2D eigenvalue weighted by Gasteiger charge is 2.32. The van der Waals surface area contributed by atoms with Crippen LogP contribution in [0.5, 0.6) is 0 Å². The van der Waals surface area contributed by atoms with Crippen LogP contribution >= 0.6 is 12.4 Å². The number of benzene rings is 1. The Morgan fingerprint density at radius 3 is 1.94 bits per heavy atom. The lowest BCUT2D eigenvalue weighted by atomic mass is 9.82. The van der Waals surface area contributed by atoms with Gasteiger partial charge in [-0.25, -0.2) is 4.39 Å². The minimum atomic E-state index is -4.54. The summed E-state index contributed by atoms with van der Waals surface area (Å²) in [4.78, 5) is 0. The first-order valence-electron chi connectivity index (χ1n) is 5.15. The van der Waals surface area contributed by atoms with Gasteiger partial charge in [0.05, 0.1) is 5.56 Å².